The van der Waals surface area contributed by atoms with Gasteiger partial charge in [-0.3, -0.25) is 0 Å². The number of hydrogen-bond acceptors (Lipinski definition) is 4. The summed E-state index contributed by atoms with van der Waals surface area (Å²) in [7, 11) is 3.93. The highest BCUT2D eigenvalue weighted by atomic mass is 16.7. The largest absolute Gasteiger partial charge is 0.497 e. The van der Waals surface area contributed by atoms with Gasteiger partial charge in [-0.25, -0.2) is 0 Å². The highest BCUT2D eigenvalue weighted by molar-refractivity contribution is 5.30. The molecule has 1 spiro atoms. The number of nitrogens with zero attached hydrogens (tertiary/aromatic N) is 1. The molecule has 0 aromatic heterocycles. The van der Waals surface area contributed by atoms with Crippen LogP contribution in [0.1, 0.15) is 37.4 Å². The number of ether oxygens (including phenoxy) is 3. The lowest BCUT2D eigenvalue weighted by atomic mass is 9.81. The molecular formula is C18H25NO3. The summed E-state index contributed by atoms with van der Waals surface area (Å²) in [5, 5.41) is 0. The van der Waals surface area contributed by atoms with Crippen LogP contribution in [0.15, 0.2) is 24.3 Å². The van der Waals surface area contributed by atoms with Gasteiger partial charge in [0.1, 0.15) is 11.9 Å². The summed E-state index contributed by atoms with van der Waals surface area (Å²) >= 11 is 0. The molecule has 0 amide bonds. The van der Waals surface area contributed by atoms with E-state index in [-0.39, 0.29) is 11.9 Å². The van der Waals surface area contributed by atoms with E-state index >= 15 is 0 Å². The topological polar surface area (TPSA) is 30.9 Å². The number of rotatable bonds is 2. The van der Waals surface area contributed by atoms with Crippen LogP contribution in [0.3, 0.4) is 0 Å². The van der Waals surface area contributed by atoms with Gasteiger partial charge in [-0.1, -0.05) is 12.1 Å². The first-order valence-electron chi connectivity index (χ1n) is 8.35. The number of likely N-dealkylation sites (tertiary alicyclic amines) is 1. The molecule has 2 aliphatic heterocycles. The summed E-state index contributed by atoms with van der Waals surface area (Å²) in [5.74, 6) is 1.34. The van der Waals surface area contributed by atoms with E-state index in [1.54, 1.807) is 7.11 Å². The summed E-state index contributed by atoms with van der Waals surface area (Å²) in [5.41, 5.74) is 1.15. The van der Waals surface area contributed by atoms with E-state index in [0.717, 1.165) is 30.1 Å². The van der Waals surface area contributed by atoms with Crippen LogP contribution in [-0.2, 0) is 9.47 Å². The minimum Gasteiger partial charge on any atom is -0.497 e. The molecular weight excluding hydrogens is 278 g/mol. The van der Waals surface area contributed by atoms with Crippen molar-refractivity contribution in [2.75, 3.05) is 27.3 Å². The highest BCUT2D eigenvalue weighted by Crippen LogP contribution is 2.47. The smallest absolute Gasteiger partial charge is 0.170 e. The van der Waals surface area contributed by atoms with Gasteiger partial charge in [0, 0.05) is 18.9 Å². The molecule has 0 N–H and O–H groups in total. The van der Waals surface area contributed by atoms with Crippen LogP contribution in [0.5, 0.6) is 5.75 Å². The van der Waals surface area contributed by atoms with Crippen LogP contribution in [0.2, 0.25) is 0 Å². The zero-order valence-electron chi connectivity index (χ0n) is 13.5. The predicted octanol–water partition coefficient (Wildman–Crippen LogP) is 2.98. The molecule has 120 valence electrons. The fourth-order valence-electron chi connectivity index (χ4n) is 4.37. The number of fused-ring (bicyclic) bond motifs is 1. The molecule has 3 unspecified atom stereocenters. The fourth-order valence-corrected chi connectivity index (χ4v) is 4.37. The molecule has 1 saturated carbocycles. The van der Waals surface area contributed by atoms with Crippen LogP contribution in [0.25, 0.3) is 0 Å². The van der Waals surface area contributed by atoms with Crippen LogP contribution < -0.4 is 4.74 Å². The van der Waals surface area contributed by atoms with Crippen molar-refractivity contribution in [1.82, 2.24) is 4.90 Å². The molecule has 2 saturated heterocycles. The van der Waals surface area contributed by atoms with Gasteiger partial charge in [0.25, 0.3) is 0 Å². The lowest BCUT2D eigenvalue weighted by molar-refractivity contribution is -0.201. The molecule has 3 aliphatic rings. The van der Waals surface area contributed by atoms with E-state index < -0.39 is 0 Å². The summed E-state index contributed by atoms with van der Waals surface area (Å²) < 4.78 is 17.9. The Morgan fingerprint density at radius 3 is 3.09 bits per heavy atom. The minimum atomic E-state index is -0.368. The minimum absolute atomic E-state index is 0.0263. The molecule has 4 nitrogen and oxygen atoms in total. The van der Waals surface area contributed by atoms with Crippen molar-refractivity contribution in [2.24, 2.45) is 5.92 Å². The van der Waals surface area contributed by atoms with Gasteiger partial charge < -0.3 is 19.1 Å². The Kier molecular flexibility index (Phi) is 3.63. The Morgan fingerprint density at radius 2 is 2.23 bits per heavy atom. The second-order valence-corrected chi connectivity index (χ2v) is 6.94. The van der Waals surface area contributed by atoms with Gasteiger partial charge in [0.2, 0.25) is 0 Å². The third-order valence-electron chi connectivity index (χ3n) is 5.70. The molecule has 4 atom stereocenters. The molecule has 1 aromatic carbocycles. The van der Waals surface area contributed by atoms with Crippen LogP contribution in [0, 0.1) is 5.92 Å². The van der Waals surface area contributed by atoms with E-state index in [4.69, 9.17) is 14.2 Å². The van der Waals surface area contributed by atoms with Crippen molar-refractivity contribution in [3.8, 4) is 5.75 Å². The van der Waals surface area contributed by atoms with Crippen molar-refractivity contribution in [1.29, 1.82) is 0 Å². The molecule has 4 rings (SSSR count). The fraction of sp³-hybridized carbons (Fsp3) is 0.667. The average molecular weight is 303 g/mol. The first-order valence-corrected chi connectivity index (χ1v) is 8.35. The third kappa shape index (κ3) is 2.43. The molecule has 4 heteroatoms. The Balaban J connectivity index is 1.49. The van der Waals surface area contributed by atoms with Crippen molar-refractivity contribution in [3.05, 3.63) is 29.8 Å². The Morgan fingerprint density at radius 1 is 1.32 bits per heavy atom. The van der Waals surface area contributed by atoms with Crippen molar-refractivity contribution in [2.45, 2.75) is 43.6 Å². The number of hydrogen-bond donors (Lipinski definition) is 0. The summed E-state index contributed by atoms with van der Waals surface area (Å²) in [6.07, 6.45) is 4.62. The SMILES string of the molecule is COc1cccc(C2COC3(CCC4CCN(C)[C@H]4C3)O2)c1. The zero-order chi connectivity index (χ0) is 15.2. The van der Waals surface area contributed by atoms with Crippen molar-refractivity contribution >= 4 is 0 Å². The lowest BCUT2D eigenvalue weighted by Gasteiger charge is -2.40. The first-order chi connectivity index (χ1) is 10.7. The van der Waals surface area contributed by atoms with E-state index in [1.807, 2.05) is 12.1 Å². The third-order valence-corrected chi connectivity index (χ3v) is 5.70. The lowest BCUT2D eigenvalue weighted by Crippen LogP contribution is -2.45. The standard InChI is InChI=1S/C18H25NO3/c1-19-9-7-13-6-8-18(11-16(13)19)21-12-17(22-18)14-4-3-5-15(10-14)20-2/h3-5,10,13,16-17H,6-9,11-12H2,1-2H3/t13?,16-,17?,18?/m0/s1. The Labute approximate surface area is 132 Å². The highest BCUT2D eigenvalue weighted by Gasteiger charge is 2.50. The van der Waals surface area contributed by atoms with Crippen LogP contribution in [-0.4, -0.2) is 44.0 Å². The zero-order valence-corrected chi connectivity index (χ0v) is 13.5. The monoisotopic (exact) mass is 303 g/mol. The van der Waals surface area contributed by atoms with E-state index in [2.05, 4.69) is 24.1 Å². The number of benzene rings is 1. The van der Waals surface area contributed by atoms with Gasteiger partial charge in [-0.15, -0.1) is 0 Å². The summed E-state index contributed by atoms with van der Waals surface area (Å²) in [6.45, 7) is 1.86. The van der Waals surface area contributed by atoms with Crippen LogP contribution in [0.4, 0.5) is 0 Å². The van der Waals surface area contributed by atoms with Gasteiger partial charge in [-0.05, 0) is 50.0 Å². The molecule has 1 aromatic rings. The Hall–Kier alpha value is -1.10. The van der Waals surface area contributed by atoms with Crippen molar-refractivity contribution in [3.63, 3.8) is 0 Å². The molecule has 1 aliphatic carbocycles. The molecule has 0 radical (unpaired) electrons. The average Bonchev–Trinajstić information content (AvgIpc) is 3.13. The quantitative estimate of drug-likeness (QED) is 0.840. The molecule has 2 heterocycles. The molecule has 3 fully saturated rings. The van der Waals surface area contributed by atoms with Gasteiger partial charge in [0.05, 0.1) is 13.7 Å². The molecule has 22 heavy (non-hydrogen) atoms. The normalized spacial score (nSPS) is 38.4. The van der Waals surface area contributed by atoms with E-state index in [9.17, 15) is 0 Å². The first kappa shape index (κ1) is 14.5. The van der Waals surface area contributed by atoms with Crippen molar-refractivity contribution < 1.29 is 14.2 Å². The van der Waals surface area contributed by atoms with Gasteiger partial charge in [-0.2, -0.15) is 0 Å². The summed E-state index contributed by atoms with van der Waals surface area (Å²) in [4.78, 5) is 2.48. The Bertz CT molecular complexity index is 549. The predicted molar refractivity (Wildman–Crippen MR) is 83.9 cm³/mol. The van der Waals surface area contributed by atoms with Gasteiger partial charge in [0.15, 0.2) is 5.79 Å². The second-order valence-electron chi connectivity index (χ2n) is 6.94. The maximum Gasteiger partial charge on any atom is 0.170 e. The second kappa shape index (κ2) is 5.52. The van der Waals surface area contributed by atoms with E-state index in [0.29, 0.717) is 12.6 Å². The maximum atomic E-state index is 6.43. The van der Waals surface area contributed by atoms with Crippen LogP contribution >= 0.6 is 0 Å². The maximum absolute atomic E-state index is 6.43. The number of methoxy groups -OCH3 is 1. The molecule has 0 bridgehead atoms. The van der Waals surface area contributed by atoms with Gasteiger partial charge >= 0.3 is 0 Å². The van der Waals surface area contributed by atoms with E-state index in [1.165, 1.54) is 19.4 Å². The summed E-state index contributed by atoms with van der Waals surface area (Å²) in [6, 6.07) is 8.76.